The number of hydrogen-bond acceptors (Lipinski definition) is 3. The van der Waals surface area contributed by atoms with Crippen molar-refractivity contribution < 1.29 is 22.7 Å². The van der Waals surface area contributed by atoms with E-state index in [0.717, 1.165) is 12.1 Å². The van der Waals surface area contributed by atoms with Gasteiger partial charge in [-0.2, -0.15) is 0 Å². The second kappa shape index (κ2) is 6.41. The van der Waals surface area contributed by atoms with Gasteiger partial charge in [0.05, 0.1) is 16.6 Å². The van der Waals surface area contributed by atoms with Crippen molar-refractivity contribution in [1.29, 1.82) is 0 Å². The van der Waals surface area contributed by atoms with E-state index in [4.69, 9.17) is 10.5 Å². The molecule has 1 saturated carbocycles. The topological polar surface area (TPSA) is 55.6 Å². The summed E-state index contributed by atoms with van der Waals surface area (Å²) < 4.78 is 48.3. The minimum Gasteiger partial charge on any atom is -0.444 e. The Morgan fingerprint density at radius 3 is 2.58 bits per heavy atom. The van der Waals surface area contributed by atoms with Crippen LogP contribution in [0.5, 0.6) is 0 Å². The number of halogens is 4. The van der Waals surface area contributed by atoms with Crippen LogP contribution in [-0.2, 0) is 11.2 Å². The molecule has 144 valence electrons. The first-order valence-electron chi connectivity index (χ1n) is 8.50. The van der Waals surface area contributed by atoms with E-state index in [-0.39, 0.29) is 35.3 Å². The number of alkyl halides is 1. The molecule has 0 radical (unpaired) electrons. The van der Waals surface area contributed by atoms with Crippen LogP contribution >= 0.6 is 15.9 Å². The molecule has 4 nitrogen and oxygen atoms in total. The molecule has 1 aromatic carbocycles. The highest BCUT2D eigenvalue weighted by atomic mass is 79.9. The molecule has 3 aliphatic rings. The van der Waals surface area contributed by atoms with Crippen LogP contribution in [0.1, 0.15) is 39.2 Å². The summed E-state index contributed by atoms with van der Waals surface area (Å²) >= 11 is 2.97. The Bertz CT molecular complexity index is 732. The Labute approximate surface area is 159 Å². The monoisotopic (exact) mass is 434 g/mol. The molecule has 2 saturated heterocycles. The van der Waals surface area contributed by atoms with E-state index in [1.54, 1.807) is 20.8 Å². The summed E-state index contributed by atoms with van der Waals surface area (Å²) in [5, 5.41) is 0. The summed E-state index contributed by atoms with van der Waals surface area (Å²) in [5.41, 5.74) is 3.83. The maximum absolute atomic E-state index is 14.8. The lowest BCUT2D eigenvalue weighted by atomic mass is 9.64. The molecule has 0 spiro atoms. The Morgan fingerprint density at radius 2 is 2.00 bits per heavy atom. The van der Waals surface area contributed by atoms with Crippen molar-refractivity contribution in [3.8, 4) is 0 Å². The van der Waals surface area contributed by atoms with Gasteiger partial charge in [-0.15, -0.1) is 0 Å². The Hall–Kier alpha value is -1.28. The second-order valence-electron chi connectivity index (χ2n) is 8.14. The van der Waals surface area contributed by atoms with Crippen molar-refractivity contribution in [3.63, 3.8) is 0 Å². The number of nitrogens with two attached hydrogens (primary N) is 1. The lowest BCUT2D eigenvalue weighted by molar-refractivity contribution is -0.127. The predicted molar refractivity (Wildman–Crippen MR) is 94.5 cm³/mol. The highest BCUT2D eigenvalue weighted by Gasteiger charge is 2.62. The maximum atomic E-state index is 14.8. The average Bonchev–Trinajstić information content (AvgIpc) is 2.45. The number of benzene rings is 1. The van der Waals surface area contributed by atoms with Gasteiger partial charge in [-0.3, -0.25) is 4.90 Å². The highest BCUT2D eigenvalue weighted by Crippen LogP contribution is 2.49. The van der Waals surface area contributed by atoms with Crippen LogP contribution in [0.25, 0.3) is 0 Å². The zero-order valence-corrected chi connectivity index (χ0v) is 16.4. The minimum absolute atomic E-state index is 0.0270. The molecule has 1 aromatic rings. The normalized spacial score (nSPS) is 30.8. The smallest absolute Gasteiger partial charge is 0.410 e. The van der Waals surface area contributed by atoms with E-state index < -0.39 is 41.1 Å². The van der Waals surface area contributed by atoms with E-state index >= 15 is 0 Å². The lowest BCUT2D eigenvalue weighted by Gasteiger charge is -2.59. The summed E-state index contributed by atoms with van der Waals surface area (Å²) in [7, 11) is 0. The molecule has 2 unspecified atom stereocenters. The van der Waals surface area contributed by atoms with E-state index in [0.29, 0.717) is 0 Å². The summed E-state index contributed by atoms with van der Waals surface area (Å²) in [6.07, 6.45) is -0.427. The van der Waals surface area contributed by atoms with Crippen molar-refractivity contribution >= 4 is 22.0 Å². The van der Waals surface area contributed by atoms with Gasteiger partial charge < -0.3 is 10.5 Å². The number of nitrogens with zero attached hydrogens (tertiary/aromatic N) is 1. The zero-order valence-electron chi connectivity index (χ0n) is 14.9. The van der Waals surface area contributed by atoms with Gasteiger partial charge >= 0.3 is 6.09 Å². The van der Waals surface area contributed by atoms with Gasteiger partial charge in [0, 0.05) is 18.9 Å². The number of hydrogen-bond donors (Lipinski definition) is 1. The van der Waals surface area contributed by atoms with Gasteiger partial charge in [0.1, 0.15) is 22.9 Å². The quantitative estimate of drug-likeness (QED) is 0.713. The SMILES string of the molecule is CC(C)(C)OC(=O)N1C2CC(F)(C2)C(N)C1Cc1cc(F)cc(Br)c1F. The van der Waals surface area contributed by atoms with Gasteiger partial charge in [0.25, 0.3) is 0 Å². The molecule has 2 heterocycles. The molecule has 2 N–H and O–H groups in total. The molecular formula is C18H22BrF3N2O2. The van der Waals surface area contributed by atoms with Crippen molar-refractivity contribution in [1.82, 2.24) is 4.90 Å². The highest BCUT2D eigenvalue weighted by molar-refractivity contribution is 9.10. The van der Waals surface area contributed by atoms with Crippen molar-refractivity contribution in [2.24, 2.45) is 5.73 Å². The molecule has 4 rings (SSSR count). The van der Waals surface area contributed by atoms with Crippen LogP contribution < -0.4 is 5.73 Å². The van der Waals surface area contributed by atoms with Crippen LogP contribution in [0.15, 0.2) is 16.6 Å². The first-order valence-corrected chi connectivity index (χ1v) is 9.30. The lowest BCUT2D eigenvalue weighted by Crippen LogP contribution is -2.76. The summed E-state index contributed by atoms with van der Waals surface area (Å²) in [5.74, 6) is -1.27. The van der Waals surface area contributed by atoms with Gasteiger partial charge in [-0.05, 0) is 60.8 Å². The summed E-state index contributed by atoms with van der Waals surface area (Å²) in [6.45, 7) is 5.19. The van der Waals surface area contributed by atoms with Gasteiger partial charge in [-0.1, -0.05) is 0 Å². The van der Waals surface area contributed by atoms with Crippen molar-refractivity contribution in [3.05, 3.63) is 33.8 Å². The van der Waals surface area contributed by atoms with Gasteiger partial charge in [0.2, 0.25) is 0 Å². The standard InChI is InChI=1S/C18H22BrF3N2O2/c1-17(2,3)26-16(25)24-11-7-18(22,8-11)15(23)13(24)5-9-4-10(20)6-12(19)14(9)21/h4,6,11,13,15H,5,7-8,23H2,1-3H3. The number of carbonyl (C=O) groups is 1. The third-order valence-electron chi connectivity index (χ3n) is 5.01. The molecule has 1 aliphatic carbocycles. The number of ether oxygens (including phenoxy) is 1. The van der Waals surface area contributed by atoms with Crippen LogP contribution in [-0.4, -0.2) is 40.4 Å². The van der Waals surface area contributed by atoms with E-state index in [1.165, 1.54) is 4.90 Å². The van der Waals surface area contributed by atoms with Crippen LogP contribution in [0.3, 0.4) is 0 Å². The predicted octanol–water partition coefficient (Wildman–Crippen LogP) is 4.09. The maximum Gasteiger partial charge on any atom is 0.410 e. The van der Waals surface area contributed by atoms with Crippen molar-refractivity contribution in [2.75, 3.05) is 0 Å². The number of fused-ring (bicyclic) bond motifs is 2. The molecule has 2 aliphatic heterocycles. The number of amides is 1. The zero-order chi connectivity index (χ0) is 19.4. The number of piperidine rings is 2. The third-order valence-corrected chi connectivity index (χ3v) is 5.59. The first kappa shape index (κ1) is 19.5. The van der Waals surface area contributed by atoms with Gasteiger partial charge in [0.15, 0.2) is 0 Å². The minimum atomic E-state index is -1.59. The second-order valence-corrected chi connectivity index (χ2v) is 9.00. The van der Waals surface area contributed by atoms with E-state index in [2.05, 4.69) is 15.9 Å². The van der Waals surface area contributed by atoms with Gasteiger partial charge in [-0.25, -0.2) is 18.0 Å². The Morgan fingerprint density at radius 1 is 1.38 bits per heavy atom. The Kier molecular flexibility index (Phi) is 4.80. The molecule has 26 heavy (non-hydrogen) atoms. The summed E-state index contributed by atoms with van der Waals surface area (Å²) in [4.78, 5) is 14.1. The molecule has 8 heteroatoms. The molecule has 1 amide bonds. The number of carbonyl (C=O) groups excluding carboxylic acids is 1. The first-order chi connectivity index (χ1) is 11.9. The van der Waals surface area contributed by atoms with E-state index in [1.807, 2.05) is 0 Å². The molecule has 2 atom stereocenters. The largest absolute Gasteiger partial charge is 0.444 e. The third kappa shape index (κ3) is 3.45. The fourth-order valence-corrected chi connectivity index (χ4v) is 4.26. The fourth-order valence-electron chi connectivity index (χ4n) is 3.79. The Balaban J connectivity index is 1.92. The molecule has 2 bridgehead atoms. The van der Waals surface area contributed by atoms with Crippen LogP contribution in [0, 0.1) is 11.6 Å². The van der Waals surface area contributed by atoms with Crippen LogP contribution in [0.2, 0.25) is 0 Å². The molecule has 0 aromatic heterocycles. The van der Waals surface area contributed by atoms with Crippen LogP contribution in [0.4, 0.5) is 18.0 Å². The number of rotatable bonds is 2. The molecular weight excluding hydrogens is 413 g/mol. The van der Waals surface area contributed by atoms with E-state index in [9.17, 15) is 18.0 Å². The average molecular weight is 435 g/mol. The van der Waals surface area contributed by atoms with Crippen molar-refractivity contribution in [2.45, 2.75) is 69.4 Å². The molecule has 3 fully saturated rings. The summed E-state index contributed by atoms with van der Waals surface area (Å²) in [6, 6.07) is -0.100. The fraction of sp³-hybridized carbons (Fsp3) is 0.611.